The molecule has 0 amide bonds. The summed E-state index contributed by atoms with van der Waals surface area (Å²) in [6.45, 7) is 2.02. The van der Waals surface area contributed by atoms with Gasteiger partial charge in [-0.15, -0.1) is 0 Å². The van der Waals surface area contributed by atoms with E-state index in [1.807, 2.05) is 30.1 Å². The first-order chi connectivity index (χ1) is 6.70. The van der Waals surface area contributed by atoms with E-state index in [1.165, 1.54) is 11.1 Å². The first-order valence-electron chi connectivity index (χ1n) is 4.19. The maximum atomic E-state index is 3.54. The highest BCUT2D eigenvalue weighted by atomic mass is 79.9. The van der Waals surface area contributed by atoms with Crippen LogP contribution in [0.5, 0.6) is 0 Å². The van der Waals surface area contributed by atoms with E-state index in [-0.39, 0.29) is 0 Å². The Bertz CT molecular complexity index is 381. The average molecular weight is 328 g/mol. The lowest BCUT2D eigenvalue weighted by molar-refractivity contribution is 1.55. The summed E-state index contributed by atoms with van der Waals surface area (Å²) in [6.07, 6.45) is 4.13. The highest BCUT2D eigenvalue weighted by molar-refractivity contribution is 9.15. The molecule has 0 saturated heterocycles. The van der Waals surface area contributed by atoms with Crippen LogP contribution in [0.3, 0.4) is 0 Å². The summed E-state index contributed by atoms with van der Waals surface area (Å²) in [7, 11) is 0. The molecule has 0 saturated carbocycles. The van der Waals surface area contributed by atoms with Gasteiger partial charge in [-0.2, -0.15) is 4.94 Å². The molecule has 0 aliphatic carbocycles. The van der Waals surface area contributed by atoms with Crippen molar-refractivity contribution in [1.82, 2.24) is 0 Å². The second-order valence-electron chi connectivity index (χ2n) is 2.72. The molecule has 0 unspecified atom stereocenters. The third-order valence-electron chi connectivity index (χ3n) is 1.78. The van der Waals surface area contributed by atoms with E-state index in [0.717, 1.165) is 8.96 Å². The highest BCUT2D eigenvalue weighted by Gasteiger charge is 2.05. The van der Waals surface area contributed by atoms with Crippen molar-refractivity contribution in [2.75, 3.05) is 0 Å². The number of halogens is 2. The second kappa shape index (κ2) is 5.93. The minimum absolute atomic E-state index is 1.07. The van der Waals surface area contributed by atoms with Gasteiger partial charge in [0.1, 0.15) is 0 Å². The summed E-state index contributed by atoms with van der Waals surface area (Å²) in [5.41, 5.74) is 2.38. The van der Waals surface area contributed by atoms with E-state index in [9.17, 15) is 0 Å². The van der Waals surface area contributed by atoms with E-state index in [4.69, 9.17) is 0 Å². The van der Waals surface area contributed by atoms with Crippen LogP contribution >= 0.6 is 31.9 Å². The lowest BCUT2D eigenvalue weighted by atomic mass is 10.1. The van der Waals surface area contributed by atoms with Gasteiger partial charge >= 0.3 is 0 Å². The molecule has 70 valence electrons. The second-order valence-corrected chi connectivity index (χ2v) is 4.76. The van der Waals surface area contributed by atoms with Crippen molar-refractivity contribution in [2.24, 2.45) is 0 Å². The Morgan fingerprint density at radius 1 is 1.43 bits per heavy atom. The van der Waals surface area contributed by atoms with Gasteiger partial charge in [-0.05, 0) is 18.6 Å². The number of hydrogen-bond acceptors (Lipinski definition) is 0. The molecule has 0 N–H and O–H groups in total. The minimum Gasteiger partial charge on any atom is -0.157 e. The topological polar surface area (TPSA) is 0 Å². The van der Waals surface area contributed by atoms with Crippen LogP contribution in [0, 0.1) is 0 Å². The number of hydrogen-bond donors (Lipinski definition) is 0. The van der Waals surface area contributed by atoms with Gasteiger partial charge in [0.2, 0.25) is 0 Å². The first-order valence-corrected chi connectivity index (χ1v) is 6.45. The SMILES string of the molecule is C/C=C\c1cccc(Br)c1/C(Br)=[CH]\[Al]. The Kier molecular flexibility index (Phi) is 5.19. The van der Waals surface area contributed by atoms with Gasteiger partial charge in [0.25, 0.3) is 0 Å². The highest BCUT2D eigenvalue weighted by Crippen LogP contribution is 2.32. The summed E-state index contributed by atoms with van der Waals surface area (Å²) >= 11 is 9.67. The Balaban J connectivity index is 3.36. The fourth-order valence-electron chi connectivity index (χ4n) is 1.19. The Morgan fingerprint density at radius 3 is 2.71 bits per heavy atom. The molecule has 3 heteroatoms. The molecule has 0 bridgehead atoms. The van der Waals surface area contributed by atoms with Crippen molar-refractivity contribution in [3.8, 4) is 0 Å². The van der Waals surface area contributed by atoms with Crippen LogP contribution in [0.15, 0.2) is 33.7 Å². The van der Waals surface area contributed by atoms with E-state index < -0.39 is 0 Å². The molecular weight excluding hydrogens is 319 g/mol. The van der Waals surface area contributed by atoms with E-state index in [0.29, 0.717) is 0 Å². The molecule has 0 aliphatic rings. The standard InChI is InChI=1S/C11H9Br2.Al/c1-3-5-9-6-4-7-10(13)11(9)8(2)12;/h2-7H,1H3;/b5-3-,8-2?;. The molecule has 0 aromatic heterocycles. The van der Waals surface area contributed by atoms with Gasteiger partial charge in [-0.25, -0.2) is 0 Å². The Labute approximate surface area is 110 Å². The molecule has 0 atom stereocenters. The van der Waals surface area contributed by atoms with E-state index in [1.54, 1.807) is 0 Å². The number of rotatable bonds is 2. The van der Waals surface area contributed by atoms with Gasteiger partial charge in [0.15, 0.2) is 16.3 Å². The smallest absolute Gasteiger partial charge is 0.157 e. The molecule has 2 radical (unpaired) electrons. The predicted molar refractivity (Wildman–Crippen MR) is 71.5 cm³/mol. The zero-order chi connectivity index (χ0) is 10.6. The molecule has 1 aromatic rings. The summed E-state index contributed by atoms with van der Waals surface area (Å²) in [4.78, 5) is 1.97. The van der Waals surface area contributed by atoms with Crippen LogP contribution in [0.2, 0.25) is 0 Å². The molecule has 0 fully saturated rings. The van der Waals surface area contributed by atoms with Gasteiger partial charge in [0, 0.05) is 14.5 Å². The fourth-order valence-corrected chi connectivity index (χ4v) is 2.66. The normalized spacial score (nSPS) is 12.4. The molecule has 0 heterocycles. The van der Waals surface area contributed by atoms with Crippen LogP contribution in [-0.2, 0) is 0 Å². The summed E-state index contributed by atoms with van der Waals surface area (Å²) in [6, 6.07) is 6.17. The largest absolute Gasteiger partial charge is 0.164 e. The average Bonchev–Trinajstić information content (AvgIpc) is 2.18. The van der Waals surface area contributed by atoms with Crippen LogP contribution in [0.25, 0.3) is 10.6 Å². The van der Waals surface area contributed by atoms with Crippen molar-refractivity contribution < 1.29 is 0 Å². The maximum Gasteiger partial charge on any atom is 0.164 e. The Hall–Kier alpha value is 0.192. The quantitative estimate of drug-likeness (QED) is 0.709. The number of allylic oxidation sites excluding steroid dienone is 1. The fraction of sp³-hybridized carbons (Fsp3) is 0.0909. The van der Waals surface area contributed by atoms with E-state index in [2.05, 4.69) is 60.3 Å². The van der Waals surface area contributed by atoms with Crippen LogP contribution in [0.4, 0.5) is 0 Å². The molecule has 0 spiro atoms. The Morgan fingerprint density at radius 2 is 2.14 bits per heavy atom. The first kappa shape index (κ1) is 12.3. The summed E-state index contributed by atoms with van der Waals surface area (Å²) in [5, 5.41) is 0. The predicted octanol–water partition coefficient (Wildman–Crippen LogP) is 4.34. The van der Waals surface area contributed by atoms with Crippen molar-refractivity contribution in [3.05, 3.63) is 44.8 Å². The monoisotopic (exact) mass is 326 g/mol. The molecule has 14 heavy (non-hydrogen) atoms. The third-order valence-corrected chi connectivity index (χ3v) is 3.92. The van der Waals surface area contributed by atoms with Gasteiger partial charge in [0.05, 0.1) is 0 Å². The number of benzene rings is 1. The van der Waals surface area contributed by atoms with Crippen LogP contribution < -0.4 is 0 Å². The van der Waals surface area contributed by atoms with Crippen molar-refractivity contribution in [2.45, 2.75) is 6.92 Å². The zero-order valence-corrected chi connectivity index (χ0v) is 12.1. The van der Waals surface area contributed by atoms with Gasteiger partial charge < -0.3 is 0 Å². The van der Waals surface area contributed by atoms with Gasteiger partial charge in [-0.1, -0.05) is 56.1 Å². The summed E-state index contributed by atoms with van der Waals surface area (Å²) in [5.74, 6) is 0. The minimum atomic E-state index is 1.07. The van der Waals surface area contributed by atoms with Crippen LogP contribution in [-0.4, -0.2) is 16.3 Å². The molecule has 0 aliphatic heterocycles. The van der Waals surface area contributed by atoms with Crippen molar-refractivity contribution in [3.63, 3.8) is 0 Å². The molecular formula is C11H9AlBr2. The van der Waals surface area contributed by atoms with Crippen molar-refractivity contribution >= 4 is 58.7 Å². The maximum absolute atomic E-state index is 3.54. The van der Waals surface area contributed by atoms with Crippen molar-refractivity contribution in [1.29, 1.82) is 0 Å². The summed E-state index contributed by atoms with van der Waals surface area (Å²) < 4.78 is 2.17. The van der Waals surface area contributed by atoms with Crippen LogP contribution in [0.1, 0.15) is 18.1 Å². The third kappa shape index (κ3) is 2.84. The molecule has 0 nitrogen and oxygen atoms in total. The van der Waals surface area contributed by atoms with Gasteiger partial charge in [-0.3, -0.25) is 0 Å². The lowest BCUT2D eigenvalue weighted by Crippen LogP contribution is -1.86. The zero-order valence-electron chi connectivity index (χ0n) is 7.80. The molecule has 1 rings (SSSR count). The van der Waals surface area contributed by atoms with E-state index >= 15 is 0 Å². The molecule has 1 aromatic carbocycles. The lowest BCUT2D eigenvalue weighted by Gasteiger charge is -2.07.